The summed E-state index contributed by atoms with van der Waals surface area (Å²) in [5.74, 6) is -0.0413. The van der Waals surface area contributed by atoms with E-state index in [0.717, 1.165) is 36.1 Å². The third kappa shape index (κ3) is 5.52. The number of rotatable bonds is 7. The van der Waals surface area contributed by atoms with E-state index in [2.05, 4.69) is 22.4 Å². The number of aromatic hydroxyl groups is 1. The summed E-state index contributed by atoms with van der Waals surface area (Å²) in [7, 11) is 1.93. The number of halogens is 2. The van der Waals surface area contributed by atoms with Gasteiger partial charge in [0.1, 0.15) is 5.75 Å². The third-order valence-corrected chi connectivity index (χ3v) is 8.29. The number of benzene rings is 1. The molecule has 10 heteroatoms. The van der Waals surface area contributed by atoms with E-state index < -0.39 is 12.7 Å². The Labute approximate surface area is 232 Å². The molecular formula is C30H34F2N4O4. The van der Waals surface area contributed by atoms with Crippen LogP contribution >= 0.6 is 0 Å². The molecule has 0 radical (unpaired) electrons. The Morgan fingerprint density at radius 2 is 1.98 bits per heavy atom. The van der Waals surface area contributed by atoms with Gasteiger partial charge in [-0.1, -0.05) is 19.1 Å². The summed E-state index contributed by atoms with van der Waals surface area (Å²) in [5, 5.41) is 11.0. The van der Waals surface area contributed by atoms with Crippen LogP contribution in [0.1, 0.15) is 60.4 Å². The van der Waals surface area contributed by atoms with Crippen LogP contribution in [-0.2, 0) is 4.79 Å². The molecule has 3 aliphatic rings. The first kappa shape index (κ1) is 27.6. The van der Waals surface area contributed by atoms with E-state index in [4.69, 9.17) is 0 Å². The predicted molar refractivity (Wildman–Crippen MR) is 146 cm³/mol. The van der Waals surface area contributed by atoms with Gasteiger partial charge in [0.2, 0.25) is 11.8 Å². The largest absolute Gasteiger partial charge is 0.506 e. The fourth-order valence-corrected chi connectivity index (χ4v) is 5.96. The second-order valence-corrected chi connectivity index (χ2v) is 10.5. The van der Waals surface area contributed by atoms with E-state index in [9.17, 15) is 23.5 Å². The SMILES string of the molecule is C=CC(=O)N1CCCC2=C(N(C)c3ccc(C4CCC4)cc3O)CCN(C(=O)c3ccc(OC(F)F)nc3)C2C1. The van der Waals surface area contributed by atoms with Crippen LogP contribution in [0.15, 0.2) is 60.5 Å². The number of ether oxygens (including phenoxy) is 1. The molecule has 1 unspecified atom stereocenters. The first-order chi connectivity index (χ1) is 19.3. The summed E-state index contributed by atoms with van der Waals surface area (Å²) in [5.41, 5.74) is 4.16. The van der Waals surface area contributed by atoms with Crippen molar-refractivity contribution in [1.82, 2.24) is 14.8 Å². The molecule has 3 heterocycles. The zero-order chi connectivity index (χ0) is 28.4. The molecule has 1 aromatic heterocycles. The van der Waals surface area contributed by atoms with Crippen LogP contribution in [0.4, 0.5) is 14.5 Å². The number of phenolic OH excluding ortho intramolecular Hbond substituents is 1. The summed E-state index contributed by atoms with van der Waals surface area (Å²) < 4.78 is 29.4. The highest BCUT2D eigenvalue weighted by molar-refractivity contribution is 5.95. The summed E-state index contributed by atoms with van der Waals surface area (Å²) in [6.07, 6.45) is 7.97. The molecule has 2 fully saturated rings. The van der Waals surface area contributed by atoms with Gasteiger partial charge >= 0.3 is 6.61 Å². The zero-order valence-corrected chi connectivity index (χ0v) is 22.6. The lowest BCUT2D eigenvalue weighted by molar-refractivity contribution is -0.126. The molecule has 212 valence electrons. The molecule has 2 amide bonds. The summed E-state index contributed by atoms with van der Waals surface area (Å²) in [6.45, 7) is 1.83. The fourth-order valence-electron chi connectivity index (χ4n) is 5.96. The minimum Gasteiger partial charge on any atom is -0.506 e. The van der Waals surface area contributed by atoms with Crippen LogP contribution in [0.2, 0.25) is 0 Å². The molecule has 8 nitrogen and oxygen atoms in total. The average Bonchev–Trinajstić information content (AvgIpc) is 3.14. The number of amides is 2. The molecule has 1 aliphatic carbocycles. The van der Waals surface area contributed by atoms with E-state index in [1.165, 1.54) is 30.8 Å². The maximum Gasteiger partial charge on any atom is 0.388 e. The van der Waals surface area contributed by atoms with Crippen LogP contribution in [0.25, 0.3) is 0 Å². The highest BCUT2D eigenvalue weighted by atomic mass is 19.3. The smallest absolute Gasteiger partial charge is 0.388 e. The molecule has 1 aromatic carbocycles. The molecule has 2 aromatic rings. The zero-order valence-electron chi connectivity index (χ0n) is 22.6. The van der Waals surface area contributed by atoms with Crippen LogP contribution < -0.4 is 9.64 Å². The van der Waals surface area contributed by atoms with Crippen LogP contribution in [0.3, 0.4) is 0 Å². The van der Waals surface area contributed by atoms with Crippen molar-refractivity contribution in [3.8, 4) is 11.6 Å². The highest BCUT2D eigenvalue weighted by Crippen LogP contribution is 2.42. The number of nitrogens with zero attached hydrogens (tertiary/aromatic N) is 4. The molecule has 5 rings (SSSR count). The Kier molecular flexibility index (Phi) is 8.04. The molecule has 1 saturated carbocycles. The molecule has 0 spiro atoms. The van der Waals surface area contributed by atoms with E-state index in [1.807, 2.05) is 24.1 Å². The molecule has 1 saturated heterocycles. The number of likely N-dealkylation sites (tertiary alicyclic amines) is 1. The molecule has 40 heavy (non-hydrogen) atoms. The van der Waals surface area contributed by atoms with Crippen molar-refractivity contribution in [3.63, 3.8) is 0 Å². The minimum atomic E-state index is -3.01. The number of pyridine rings is 1. The van der Waals surface area contributed by atoms with Crippen molar-refractivity contribution in [2.24, 2.45) is 0 Å². The van der Waals surface area contributed by atoms with Gasteiger partial charge < -0.3 is 24.5 Å². The number of aromatic nitrogens is 1. The van der Waals surface area contributed by atoms with E-state index in [1.54, 1.807) is 9.80 Å². The maximum atomic E-state index is 13.7. The van der Waals surface area contributed by atoms with Crippen molar-refractivity contribution in [2.45, 2.75) is 57.1 Å². The monoisotopic (exact) mass is 552 g/mol. The molecule has 0 bridgehead atoms. The molecule has 1 N–H and O–H groups in total. The Morgan fingerprint density at radius 3 is 2.60 bits per heavy atom. The lowest BCUT2D eigenvalue weighted by Gasteiger charge is -2.42. The lowest BCUT2D eigenvalue weighted by Crippen LogP contribution is -2.51. The fraction of sp³-hybridized carbons (Fsp3) is 0.433. The van der Waals surface area contributed by atoms with E-state index in [-0.39, 0.29) is 29.0 Å². The maximum absolute atomic E-state index is 13.7. The molecule has 1 atom stereocenters. The lowest BCUT2D eigenvalue weighted by atomic mass is 9.80. The van der Waals surface area contributed by atoms with Crippen molar-refractivity contribution in [3.05, 3.63) is 71.6 Å². The number of fused-ring (bicyclic) bond motifs is 1. The number of carbonyl (C=O) groups excluding carboxylic acids is 2. The number of carbonyl (C=O) groups is 2. The van der Waals surface area contributed by atoms with Crippen molar-refractivity contribution < 1.29 is 28.2 Å². The molecule has 2 aliphatic heterocycles. The Balaban J connectivity index is 1.47. The average molecular weight is 553 g/mol. The first-order valence-electron chi connectivity index (χ1n) is 13.7. The van der Waals surface area contributed by atoms with Gasteiger partial charge in [0, 0.05) is 51.1 Å². The third-order valence-electron chi connectivity index (χ3n) is 8.29. The van der Waals surface area contributed by atoms with Crippen molar-refractivity contribution in [1.29, 1.82) is 0 Å². The van der Waals surface area contributed by atoms with Gasteiger partial charge in [-0.15, -0.1) is 0 Å². The van der Waals surface area contributed by atoms with Crippen molar-refractivity contribution >= 4 is 17.5 Å². The quantitative estimate of drug-likeness (QED) is 0.483. The van der Waals surface area contributed by atoms with Gasteiger partial charge in [0.05, 0.1) is 17.3 Å². The van der Waals surface area contributed by atoms with Gasteiger partial charge in [0.15, 0.2) is 0 Å². The highest BCUT2D eigenvalue weighted by Gasteiger charge is 2.38. The number of phenols is 1. The van der Waals surface area contributed by atoms with Gasteiger partial charge in [-0.3, -0.25) is 9.59 Å². The number of hydrogen-bond acceptors (Lipinski definition) is 6. The standard InChI is InChI=1S/C30H34F2N4O4/c1-3-28(38)35-14-5-8-22-23(34(2)24-11-9-20(16-26(24)37)19-6-4-7-19)13-15-36(25(22)18-35)29(39)21-10-12-27(33-17-21)40-30(31)32/h3,9-12,16-17,19,25,30,37H,1,4-8,13-15,18H2,2H3. The van der Waals surface area contributed by atoms with Gasteiger partial charge in [-0.2, -0.15) is 8.78 Å². The Morgan fingerprint density at radius 1 is 1.18 bits per heavy atom. The van der Waals surface area contributed by atoms with Crippen LogP contribution in [-0.4, -0.2) is 71.0 Å². The Bertz CT molecular complexity index is 1310. The number of anilines is 1. The molecular weight excluding hydrogens is 518 g/mol. The normalized spacial score (nSPS) is 19.6. The van der Waals surface area contributed by atoms with Crippen LogP contribution in [0.5, 0.6) is 11.6 Å². The summed E-state index contributed by atoms with van der Waals surface area (Å²) >= 11 is 0. The summed E-state index contributed by atoms with van der Waals surface area (Å²) in [4.78, 5) is 35.6. The van der Waals surface area contributed by atoms with Gasteiger partial charge in [0.25, 0.3) is 5.91 Å². The Hall–Kier alpha value is -3.95. The second-order valence-electron chi connectivity index (χ2n) is 10.5. The van der Waals surface area contributed by atoms with Crippen molar-refractivity contribution in [2.75, 3.05) is 31.6 Å². The number of hydrogen-bond donors (Lipinski definition) is 1. The van der Waals surface area contributed by atoms with Gasteiger partial charge in [-0.05, 0) is 67.0 Å². The summed E-state index contributed by atoms with van der Waals surface area (Å²) in [6, 6.07) is 8.17. The topological polar surface area (TPSA) is 86.2 Å². The van der Waals surface area contributed by atoms with Gasteiger partial charge in [-0.25, -0.2) is 4.98 Å². The predicted octanol–water partition coefficient (Wildman–Crippen LogP) is 5.07. The second kappa shape index (κ2) is 11.7. The number of alkyl halides is 2. The first-order valence-corrected chi connectivity index (χ1v) is 13.7. The van der Waals surface area contributed by atoms with Crippen LogP contribution in [0, 0.1) is 0 Å². The minimum absolute atomic E-state index is 0.200. The van der Waals surface area contributed by atoms with E-state index in [0.29, 0.717) is 44.1 Å². The van der Waals surface area contributed by atoms with E-state index >= 15 is 0 Å².